The topological polar surface area (TPSA) is 42.9 Å². The number of nitrogens with zero attached hydrogens (tertiary/aromatic N) is 2. The van der Waals surface area contributed by atoms with E-state index >= 15 is 0 Å². The van der Waals surface area contributed by atoms with Crippen molar-refractivity contribution in [2.75, 3.05) is 5.33 Å². The first kappa shape index (κ1) is 14.1. The average Bonchev–Trinajstić information content (AvgIpc) is 2.26. The zero-order valence-corrected chi connectivity index (χ0v) is 10.8. The van der Waals surface area contributed by atoms with E-state index in [1.54, 1.807) is 0 Å². The lowest BCUT2D eigenvalue weighted by Crippen LogP contribution is -2.37. The molecule has 3 nitrogen and oxygen atoms in total. The summed E-state index contributed by atoms with van der Waals surface area (Å²) in [5.41, 5.74) is -2.25. The smallest absolute Gasteiger partial charge is 0.291 e. The number of hydrogen-bond donors (Lipinski definition) is 0. The van der Waals surface area contributed by atoms with Crippen LogP contribution in [0.3, 0.4) is 0 Å². The second-order valence-corrected chi connectivity index (χ2v) is 4.53. The molecule has 0 fully saturated rings. The van der Waals surface area contributed by atoms with Crippen molar-refractivity contribution in [2.45, 2.75) is 25.4 Å². The van der Waals surface area contributed by atoms with E-state index in [9.17, 15) is 18.0 Å². The standard InChI is InChI=1S/C10H10BrF3N2O/c1-9(2,10(12,13)14)8-5-15-6(4-16-8)7(17)3-11/h4-5H,3H2,1-2H3. The van der Waals surface area contributed by atoms with E-state index in [-0.39, 0.29) is 22.5 Å². The van der Waals surface area contributed by atoms with E-state index in [1.807, 2.05) is 0 Å². The number of halogens is 4. The lowest BCUT2D eigenvalue weighted by atomic mass is 9.89. The average molecular weight is 311 g/mol. The Balaban J connectivity index is 3.07. The molecule has 17 heavy (non-hydrogen) atoms. The van der Waals surface area contributed by atoms with Gasteiger partial charge < -0.3 is 0 Å². The van der Waals surface area contributed by atoms with Gasteiger partial charge in [-0.1, -0.05) is 15.9 Å². The van der Waals surface area contributed by atoms with Gasteiger partial charge >= 0.3 is 6.18 Å². The highest BCUT2D eigenvalue weighted by molar-refractivity contribution is 9.09. The number of carbonyl (C=O) groups excluding carboxylic acids is 1. The van der Waals surface area contributed by atoms with Crippen LogP contribution >= 0.6 is 15.9 Å². The first-order valence-corrected chi connectivity index (χ1v) is 5.80. The molecule has 1 aromatic heterocycles. The third-order valence-corrected chi connectivity index (χ3v) is 2.92. The van der Waals surface area contributed by atoms with E-state index in [4.69, 9.17) is 0 Å². The highest BCUT2D eigenvalue weighted by atomic mass is 79.9. The summed E-state index contributed by atoms with van der Waals surface area (Å²) in [7, 11) is 0. The van der Waals surface area contributed by atoms with Crippen molar-refractivity contribution < 1.29 is 18.0 Å². The largest absolute Gasteiger partial charge is 0.399 e. The van der Waals surface area contributed by atoms with E-state index in [0.29, 0.717) is 0 Å². The highest BCUT2D eigenvalue weighted by Crippen LogP contribution is 2.39. The van der Waals surface area contributed by atoms with Crippen molar-refractivity contribution in [3.63, 3.8) is 0 Å². The number of aromatic nitrogens is 2. The number of hydrogen-bond acceptors (Lipinski definition) is 3. The van der Waals surface area contributed by atoms with Gasteiger partial charge in [0.05, 0.1) is 23.4 Å². The Morgan fingerprint density at radius 3 is 2.24 bits per heavy atom. The van der Waals surface area contributed by atoms with Crippen LogP contribution in [0.4, 0.5) is 13.2 Å². The molecule has 0 amide bonds. The zero-order valence-electron chi connectivity index (χ0n) is 9.18. The molecule has 0 spiro atoms. The Morgan fingerprint density at radius 2 is 1.88 bits per heavy atom. The van der Waals surface area contributed by atoms with Crippen LogP contribution in [0, 0.1) is 0 Å². The fraction of sp³-hybridized carbons (Fsp3) is 0.500. The third-order valence-electron chi connectivity index (χ3n) is 2.41. The summed E-state index contributed by atoms with van der Waals surface area (Å²) < 4.78 is 38.1. The fourth-order valence-electron chi connectivity index (χ4n) is 1.01. The number of rotatable bonds is 3. The Bertz CT molecular complexity index is 415. The summed E-state index contributed by atoms with van der Waals surface area (Å²) in [6.07, 6.45) is -2.36. The van der Waals surface area contributed by atoms with Crippen molar-refractivity contribution in [3.8, 4) is 0 Å². The molecule has 1 rings (SSSR count). The van der Waals surface area contributed by atoms with Crippen molar-refractivity contribution in [3.05, 3.63) is 23.8 Å². The van der Waals surface area contributed by atoms with Crippen LogP contribution in [0.1, 0.15) is 30.0 Å². The zero-order chi connectivity index (χ0) is 13.3. The lowest BCUT2D eigenvalue weighted by molar-refractivity contribution is -0.181. The van der Waals surface area contributed by atoms with Gasteiger partial charge in [0.1, 0.15) is 11.1 Å². The van der Waals surface area contributed by atoms with Gasteiger partial charge in [0.2, 0.25) is 0 Å². The first-order valence-electron chi connectivity index (χ1n) is 4.68. The van der Waals surface area contributed by atoms with Crippen LogP contribution < -0.4 is 0 Å². The predicted octanol–water partition coefficient (Wildman–Crippen LogP) is 2.89. The molecule has 1 aromatic rings. The summed E-state index contributed by atoms with van der Waals surface area (Å²) in [6, 6.07) is 0. The number of alkyl halides is 4. The van der Waals surface area contributed by atoms with Crippen molar-refractivity contribution >= 4 is 21.7 Å². The van der Waals surface area contributed by atoms with E-state index in [2.05, 4.69) is 25.9 Å². The van der Waals surface area contributed by atoms with Gasteiger partial charge in [0.15, 0.2) is 5.78 Å². The molecule has 0 aliphatic rings. The van der Waals surface area contributed by atoms with Gasteiger partial charge in [-0.15, -0.1) is 0 Å². The molecule has 0 N–H and O–H groups in total. The Labute approximate surface area is 105 Å². The van der Waals surface area contributed by atoms with Crippen LogP contribution in [-0.4, -0.2) is 27.3 Å². The summed E-state index contributed by atoms with van der Waals surface area (Å²) >= 11 is 2.94. The monoisotopic (exact) mass is 310 g/mol. The van der Waals surface area contributed by atoms with Gasteiger partial charge in [-0.2, -0.15) is 13.2 Å². The molecule has 0 aliphatic carbocycles. The quantitative estimate of drug-likeness (QED) is 0.637. The molecule has 0 bridgehead atoms. The van der Waals surface area contributed by atoms with E-state index in [1.165, 1.54) is 0 Å². The minimum atomic E-state index is -4.41. The van der Waals surface area contributed by atoms with Crippen LogP contribution in [0.5, 0.6) is 0 Å². The first-order chi connectivity index (χ1) is 7.70. The Morgan fingerprint density at radius 1 is 1.29 bits per heavy atom. The van der Waals surface area contributed by atoms with Crippen molar-refractivity contribution in [2.24, 2.45) is 0 Å². The van der Waals surface area contributed by atoms with E-state index < -0.39 is 11.6 Å². The van der Waals surface area contributed by atoms with Crippen LogP contribution in [0.2, 0.25) is 0 Å². The molecule has 0 aromatic carbocycles. The minimum absolute atomic E-state index is 0.0450. The van der Waals surface area contributed by atoms with Gasteiger partial charge in [0, 0.05) is 0 Å². The fourth-order valence-corrected chi connectivity index (χ4v) is 1.30. The molecule has 0 saturated heterocycles. The summed E-state index contributed by atoms with van der Waals surface area (Å²) in [4.78, 5) is 18.5. The van der Waals surface area contributed by atoms with E-state index in [0.717, 1.165) is 26.2 Å². The molecule has 0 unspecified atom stereocenters. The summed E-state index contributed by atoms with van der Waals surface area (Å²) in [5.74, 6) is -0.325. The van der Waals surface area contributed by atoms with Gasteiger partial charge in [0.25, 0.3) is 0 Å². The maximum atomic E-state index is 12.7. The maximum Gasteiger partial charge on any atom is 0.399 e. The molecule has 0 aliphatic heterocycles. The molecular formula is C10H10BrF3N2O. The molecule has 1 heterocycles. The minimum Gasteiger partial charge on any atom is -0.291 e. The third kappa shape index (κ3) is 2.83. The molecule has 0 radical (unpaired) electrons. The summed E-state index contributed by atoms with van der Waals surface area (Å²) in [6.45, 7) is 2.03. The lowest BCUT2D eigenvalue weighted by Gasteiger charge is -2.26. The molecular weight excluding hydrogens is 301 g/mol. The normalized spacial score (nSPS) is 12.6. The Kier molecular flexibility index (Phi) is 3.91. The van der Waals surface area contributed by atoms with Crippen LogP contribution in [0.25, 0.3) is 0 Å². The molecule has 7 heteroatoms. The maximum absolute atomic E-state index is 12.7. The second-order valence-electron chi connectivity index (χ2n) is 3.97. The van der Waals surface area contributed by atoms with Crippen molar-refractivity contribution in [1.29, 1.82) is 0 Å². The Hall–Kier alpha value is -0.980. The highest BCUT2D eigenvalue weighted by Gasteiger charge is 2.49. The predicted molar refractivity (Wildman–Crippen MR) is 59.2 cm³/mol. The molecule has 94 valence electrons. The van der Waals surface area contributed by atoms with Crippen LogP contribution in [0.15, 0.2) is 12.4 Å². The van der Waals surface area contributed by atoms with Gasteiger partial charge in [-0.05, 0) is 13.8 Å². The van der Waals surface area contributed by atoms with Crippen LogP contribution in [-0.2, 0) is 5.41 Å². The summed E-state index contributed by atoms with van der Waals surface area (Å²) in [5, 5.41) is 0.0592. The van der Waals surface area contributed by atoms with Gasteiger partial charge in [-0.3, -0.25) is 9.78 Å². The number of carbonyl (C=O) groups is 1. The van der Waals surface area contributed by atoms with Gasteiger partial charge in [-0.25, -0.2) is 4.98 Å². The molecule has 0 atom stereocenters. The SMILES string of the molecule is CC(C)(c1cnc(C(=O)CBr)cn1)C(F)(F)F. The number of ketones is 1. The van der Waals surface area contributed by atoms with Crippen molar-refractivity contribution in [1.82, 2.24) is 9.97 Å². The second kappa shape index (κ2) is 4.72. The number of Topliss-reactive ketones (excluding diaryl/α,β-unsaturated/α-hetero) is 1. The molecule has 0 saturated carbocycles.